The summed E-state index contributed by atoms with van der Waals surface area (Å²) in [7, 11) is 0. The van der Waals surface area contributed by atoms with Crippen molar-refractivity contribution in [3.63, 3.8) is 0 Å². The molecular formula is C15H11Cl2N3O3. The Labute approximate surface area is 141 Å². The minimum atomic E-state index is -0.690. The molecule has 0 aliphatic carbocycles. The Balaban J connectivity index is 1.82. The first kappa shape index (κ1) is 15.6. The van der Waals surface area contributed by atoms with Crippen molar-refractivity contribution in [2.75, 3.05) is 0 Å². The first-order valence-electron chi connectivity index (χ1n) is 6.63. The number of halogens is 2. The molecule has 0 aliphatic rings. The lowest BCUT2D eigenvalue weighted by Gasteiger charge is -2.08. The lowest BCUT2D eigenvalue weighted by atomic mass is 10.2. The number of aryl methyl sites for hydroxylation is 1. The Morgan fingerprint density at radius 2 is 2.13 bits per heavy atom. The fraction of sp³-hybridized carbons (Fsp3) is 0.133. The van der Waals surface area contributed by atoms with Crippen LogP contribution in [0.25, 0.3) is 0 Å². The van der Waals surface area contributed by atoms with Crippen molar-refractivity contribution >= 4 is 29.2 Å². The molecule has 0 aliphatic heterocycles. The molecule has 0 spiro atoms. The summed E-state index contributed by atoms with van der Waals surface area (Å²) in [5.41, 5.74) is 1.58. The number of oxazole rings is 1. The van der Waals surface area contributed by atoms with Crippen LogP contribution in [0, 0.1) is 6.92 Å². The fourth-order valence-electron chi connectivity index (χ4n) is 1.99. The van der Waals surface area contributed by atoms with Crippen molar-refractivity contribution in [1.29, 1.82) is 0 Å². The van der Waals surface area contributed by atoms with E-state index in [2.05, 4.69) is 10.1 Å². The second-order valence-corrected chi connectivity index (χ2v) is 5.57. The van der Waals surface area contributed by atoms with E-state index >= 15 is 0 Å². The third-order valence-corrected chi connectivity index (χ3v) is 3.72. The molecule has 23 heavy (non-hydrogen) atoms. The summed E-state index contributed by atoms with van der Waals surface area (Å²) in [5.74, 6) is -0.521. The lowest BCUT2D eigenvalue weighted by Crippen LogP contribution is -2.13. The van der Waals surface area contributed by atoms with E-state index in [0.29, 0.717) is 22.3 Å². The maximum Gasteiger partial charge on any atom is 0.401 e. The second-order valence-electron chi connectivity index (χ2n) is 4.76. The van der Waals surface area contributed by atoms with Crippen molar-refractivity contribution in [3.05, 3.63) is 63.9 Å². The summed E-state index contributed by atoms with van der Waals surface area (Å²) in [5, 5.41) is 5.23. The zero-order chi connectivity index (χ0) is 16.4. The summed E-state index contributed by atoms with van der Waals surface area (Å²) in [4.78, 5) is 15.7. The van der Waals surface area contributed by atoms with E-state index in [1.54, 1.807) is 29.8 Å². The van der Waals surface area contributed by atoms with Crippen LogP contribution in [-0.2, 0) is 6.54 Å². The predicted octanol–water partition coefficient (Wildman–Crippen LogP) is 3.75. The Bertz CT molecular complexity index is 844. The van der Waals surface area contributed by atoms with Gasteiger partial charge in [0.25, 0.3) is 0 Å². The van der Waals surface area contributed by atoms with E-state index in [9.17, 15) is 4.79 Å². The predicted molar refractivity (Wildman–Crippen MR) is 84.0 cm³/mol. The first-order valence-corrected chi connectivity index (χ1v) is 7.38. The molecule has 8 heteroatoms. The van der Waals surface area contributed by atoms with Crippen LogP contribution in [0.2, 0.25) is 10.0 Å². The highest BCUT2D eigenvalue weighted by atomic mass is 35.5. The maximum atomic E-state index is 11.9. The molecule has 6 nitrogen and oxygen atoms in total. The van der Waals surface area contributed by atoms with Crippen LogP contribution in [0.3, 0.4) is 0 Å². The quantitative estimate of drug-likeness (QED) is 0.669. The molecule has 0 N–H and O–H groups in total. The van der Waals surface area contributed by atoms with Crippen molar-refractivity contribution in [1.82, 2.24) is 14.8 Å². The van der Waals surface area contributed by atoms with Gasteiger partial charge in [-0.3, -0.25) is 0 Å². The zero-order valence-electron chi connectivity index (χ0n) is 12.0. The van der Waals surface area contributed by atoms with Gasteiger partial charge in [0.1, 0.15) is 6.26 Å². The molecule has 0 amide bonds. The number of hydrogen-bond donors (Lipinski definition) is 0. The largest absolute Gasteiger partial charge is 0.440 e. The number of hydrogen-bond acceptors (Lipinski definition) is 5. The molecule has 0 bridgehead atoms. The third kappa shape index (κ3) is 3.55. The maximum absolute atomic E-state index is 11.9. The van der Waals surface area contributed by atoms with E-state index in [-0.39, 0.29) is 11.8 Å². The van der Waals surface area contributed by atoms with Gasteiger partial charge in [-0.05, 0) is 24.6 Å². The molecule has 2 aromatic heterocycles. The van der Waals surface area contributed by atoms with E-state index in [0.717, 1.165) is 5.56 Å². The first-order chi connectivity index (χ1) is 11.0. The zero-order valence-corrected chi connectivity index (χ0v) is 13.5. The van der Waals surface area contributed by atoms with Gasteiger partial charge in [0, 0.05) is 6.07 Å². The highest BCUT2D eigenvalue weighted by Gasteiger charge is 2.17. The average Bonchev–Trinajstić information content (AvgIpc) is 3.13. The molecule has 3 aromatic rings. The molecule has 0 fully saturated rings. The van der Waals surface area contributed by atoms with Gasteiger partial charge in [-0.1, -0.05) is 29.3 Å². The summed E-state index contributed by atoms with van der Waals surface area (Å²) in [6.07, 6.45) is 2.67. The van der Waals surface area contributed by atoms with Crippen LogP contribution in [0.15, 0.2) is 41.1 Å². The van der Waals surface area contributed by atoms with Crippen LogP contribution in [-0.4, -0.2) is 20.7 Å². The highest BCUT2D eigenvalue weighted by molar-refractivity contribution is 6.42. The number of nitrogens with zero attached hydrogens (tertiary/aromatic N) is 3. The molecular weight excluding hydrogens is 341 g/mol. The Morgan fingerprint density at radius 3 is 2.83 bits per heavy atom. The Kier molecular flexibility index (Phi) is 4.36. The van der Waals surface area contributed by atoms with Crippen molar-refractivity contribution < 1.29 is 13.9 Å². The third-order valence-electron chi connectivity index (χ3n) is 2.99. The second kappa shape index (κ2) is 6.44. The fourth-order valence-corrected chi connectivity index (χ4v) is 2.31. The van der Waals surface area contributed by atoms with Gasteiger partial charge in [0.15, 0.2) is 0 Å². The van der Waals surface area contributed by atoms with Gasteiger partial charge in [0.2, 0.25) is 5.88 Å². The minimum Gasteiger partial charge on any atom is -0.440 e. The lowest BCUT2D eigenvalue weighted by molar-refractivity contribution is 0.0677. The summed E-state index contributed by atoms with van der Waals surface area (Å²) in [6, 6.07) is 6.91. The van der Waals surface area contributed by atoms with Crippen LogP contribution < -0.4 is 4.74 Å². The average molecular weight is 352 g/mol. The number of rotatable bonds is 4. The summed E-state index contributed by atoms with van der Waals surface area (Å²) >= 11 is 11.9. The smallest absolute Gasteiger partial charge is 0.401 e. The van der Waals surface area contributed by atoms with Gasteiger partial charge in [-0.2, -0.15) is 5.10 Å². The number of esters is 1. The van der Waals surface area contributed by atoms with Crippen molar-refractivity contribution in [2.24, 2.45) is 0 Å². The molecule has 118 valence electrons. The molecule has 0 saturated heterocycles. The van der Waals surface area contributed by atoms with Gasteiger partial charge in [-0.15, -0.1) is 0 Å². The summed E-state index contributed by atoms with van der Waals surface area (Å²) < 4.78 is 11.7. The van der Waals surface area contributed by atoms with Gasteiger partial charge in [0.05, 0.1) is 28.5 Å². The van der Waals surface area contributed by atoms with E-state index < -0.39 is 5.97 Å². The minimum absolute atomic E-state index is 0.120. The van der Waals surface area contributed by atoms with Crippen LogP contribution in [0.4, 0.5) is 0 Å². The molecule has 0 atom stereocenters. The molecule has 0 unspecified atom stereocenters. The van der Waals surface area contributed by atoms with E-state index in [1.807, 2.05) is 6.07 Å². The summed E-state index contributed by atoms with van der Waals surface area (Å²) in [6.45, 7) is 2.17. The van der Waals surface area contributed by atoms with Gasteiger partial charge < -0.3 is 9.15 Å². The Morgan fingerprint density at radius 1 is 1.30 bits per heavy atom. The molecule has 3 rings (SSSR count). The van der Waals surface area contributed by atoms with Gasteiger partial charge in [-0.25, -0.2) is 14.5 Å². The topological polar surface area (TPSA) is 70.2 Å². The molecule has 1 aromatic carbocycles. The number of benzene rings is 1. The molecule has 2 heterocycles. The Hall–Kier alpha value is -2.31. The van der Waals surface area contributed by atoms with Crippen LogP contribution >= 0.6 is 23.2 Å². The van der Waals surface area contributed by atoms with Crippen LogP contribution in [0.5, 0.6) is 5.88 Å². The number of ether oxygens (including phenoxy) is 1. The van der Waals surface area contributed by atoms with Crippen LogP contribution in [0.1, 0.15) is 21.9 Å². The monoisotopic (exact) mass is 351 g/mol. The highest BCUT2D eigenvalue weighted by Crippen LogP contribution is 2.24. The van der Waals surface area contributed by atoms with Crippen molar-refractivity contribution in [2.45, 2.75) is 13.5 Å². The molecule has 0 radical (unpaired) electrons. The van der Waals surface area contributed by atoms with Crippen molar-refractivity contribution in [3.8, 4) is 5.88 Å². The normalized spacial score (nSPS) is 10.7. The SMILES string of the molecule is Cc1cc(OC(=O)c2ncco2)n(Cc2ccc(Cl)c(Cl)c2)n1. The van der Waals surface area contributed by atoms with Gasteiger partial charge >= 0.3 is 11.9 Å². The molecule has 0 saturated carbocycles. The van der Waals surface area contributed by atoms with E-state index in [4.69, 9.17) is 32.4 Å². The van der Waals surface area contributed by atoms with E-state index in [1.165, 1.54) is 12.5 Å². The number of carbonyl (C=O) groups is 1. The number of aromatic nitrogens is 3. The standard InChI is InChI=1S/C15H11Cl2N3O3/c1-9-6-13(23-15(21)14-18-4-5-22-14)20(19-9)8-10-2-3-11(16)12(17)7-10/h2-7H,8H2,1H3. The number of carbonyl (C=O) groups excluding carboxylic acids is 1.